The Kier molecular flexibility index (Phi) is 9.40. The van der Waals surface area contributed by atoms with E-state index < -0.39 is 54.4 Å². The van der Waals surface area contributed by atoms with Crippen molar-refractivity contribution in [1.82, 2.24) is 9.55 Å². The first-order valence-electron chi connectivity index (χ1n) is 13.2. The number of halogens is 1. The van der Waals surface area contributed by atoms with Crippen molar-refractivity contribution in [1.29, 1.82) is 0 Å². The van der Waals surface area contributed by atoms with E-state index >= 15 is 0 Å². The number of H-pyrrole nitrogens is 1. The van der Waals surface area contributed by atoms with E-state index in [1.807, 2.05) is 0 Å². The van der Waals surface area contributed by atoms with Crippen LogP contribution in [-0.4, -0.2) is 52.0 Å². The summed E-state index contributed by atoms with van der Waals surface area (Å²) in [5.41, 5.74) is 6.81. The minimum Gasteiger partial charge on any atom is -0.459 e. The van der Waals surface area contributed by atoms with Gasteiger partial charge in [0.25, 0.3) is 0 Å². The molecule has 1 saturated heterocycles. The fourth-order valence-electron chi connectivity index (χ4n) is 4.56. The van der Waals surface area contributed by atoms with E-state index in [4.69, 9.17) is 42.8 Å². The van der Waals surface area contributed by atoms with Crippen LogP contribution in [0.15, 0.2) is 107 Å². The molecule has 0 aliphatic carbocycles. The molecule has 45 heavy (non-hydrogen) atoms. The van der Waals surface area contributed by atoms with Gasteiger partial charge in [0.1, 0.15) is 11.2 Å². The number of rotatable bonds is 9. The van der Waals surface area contributed by atoms with E-state index in [9.17, 15) is 24.7 Å². The number of carbonyl (C=O) groups excluding carboxylic acids is 3. The molecule has 2 unspecified atom stereocenters. The van der Waals surface area contributed by atoms with Crippen LogP contribution in [0.25, 0.3) is 10.4 Å². The molecule has 5 rings (SSSR count). The predicted molar refractivity (Wildman–Crippen MR) is 161 cm³/mol. The number of benzene rings is 3. The molecule has 4 atom stereocenters. The highest BCUT2D eigenvalue weighted by Crippen LogP contribution is 2.43. The first-order valence-corrected chi connectivity index (χ1v) is 14.0. The Morgan fingerprint density at radius 1 is 0.933 bits per heavy atom. The van der Waals surface area contributed by atoms with Crippen molar-refractivity contribution in [2.75, 3.05) is 6.61 Å². The van der Waals surface area contributed by atoms with Gasteiger partial charge >= 0.3 is 23.6 Å². The zero-order valence-electron chi connectivity index (χ0n) is 23.0. The largest absolute Gasteiger partial charge is 0.459 e. The van der Waals surface area contributed by atoms with Crippen LogP contribution in [0.2, 0.25) is 5.02 Å². The number of aromatic amines is 1. The highest BCUT2D eigenvalue weighted by atomic mass is 35.5. The lowest BCUT2D eigenvalue weighted by molar-refractivity contribution is -0.129. The molecular formula is C30H22ClN5O8S. The van der Waals surface area contributed by atoms with Crippen LogP contribution >= 0.6 is 23.8 Å². The average molecular weight is 648 g/mol. The molecule has 1 aliphatic heterocycles. The third-order valence-corrected chi connectivity index (χ3v) is 7.13. The second kappa shape index (κ2) is 13.6. The number of esters is 3. The molecule has 4 aromatic rings. The van der Waals surface area contributed by atoms with E-state index in [2.05, 4.69) is 15.0 Å². The summed E-state index contributed by atoms with van der Waals surface area (Å²) in [7, 11) is 0. The van der Waals surface area contributed by atoms with Crippen molar-refractivity contribution in [3.8, 4) is 0 Å². The Balaban J connectivity index is 1.61. The SMILES string of the molecule is [N-]=[N+]=N[C@]1(COC(=O)c2cccc(Cl)c2)O[C@@H](n2ccc(=S)[nH]c2=O)C(OC(=O)c2ccccc2)C1OC(=O)c1ccccc1. The van der Waals surface area contributed by atoms with Crippen LogP contribution in [0.5, 0.6) is 0 Å². The Labute approximate surface area is 264 Å². The maximum Gasteiger partial charge on any atom is 0.338 e. The zero-order valence-corrected chi connectivity index (χ0v) is 24.6. The summed E-state index contributed by atoms with van der Waals surface area (Å²) in [6.07, 6.45) is -3.68. The van der Waals surface area contributed by atoms with Crippen LogP contribution in [0, 0.1) is 4.64 Å². The Morgan fingerprint density at radius 3 is 2.16 bits per heavy atom. The fourth-order valence-corrected chi connectivity index (χ4v) is 4.90. The van der Waals surface area contributed by atoms with Gasteiger partial charge in [0.15, 0.2) is 18.4 Å². The molecule has 3 aromatic carbocycles. The molecular weight excluding hydrogens is 626 g/mol. The lowest BCUT2D eigenvalue weighted by atomic mass is 10.0. The third-order valence-electron chi connectivity index (χ3n) is 6.65. The molecule has 0 radical (unpaired) electrons. The summed E-state index contributed by atoms with van der Waals surface area (Å²) >= 11 is 11.1. The standard InChI is InChI=1S/C30H22ClN5O8S/c31-21-13-7-12-20(16-21)26(37)41-17-30(34-35-32)24(43-28(39)19-10-5-2-6-11-19)23(42-27(38)18-8-3-1-4-9-18)25(44-30)36-15-14-22(45)33-29(36)40/h1-16,23-25H,17H2,(H,33,40,45)/t23?,24?,25-,30-/m1/s1. The van der Waals surface area contributed by atoms with Gasteiger partial charge in [0.05, 0.1) is 16.7 Å². The van der Waals surface area contributed by atoms with E-state index in [0.29, 0.717) is 0 Å². The number of hydrogen-bond acceptors (Lipinski definition) is 10. The van der Waals surface area contributed by atoms with Gasteiger partial charge < -0.3 is 18.9 Å². The molecule has 0 amide bonds. The van der Waals surface area contributed by atoms with E-state index in [0.717, 1.165) is 4.57 Å². The van der Waals surface area contributed by atoms with Crippen LogP contribution in [0.3, 0.4) is 0 Å². The molecule has 0 spiro atoms. The van der Waals surface area contributed by atoms with Crippen molar-refractivity contribution in [2.45, 2.75) is 24.2 Å². The second-order valence-electron chi connectivity index (χ2n) is 9.57. The summed E-state index contributed by atoms with van der Waals surface area (Å²) in [5.74, 6) is -2.67. The van der Waals surface area contributed by atoms with E-state index in [1.54, 1.807) is 42.5 Å². The van der Waals surface area contributed by atoms with Gasteiger partial charge in [-0.15, -0.1) is 0 Å². The highest BCUT2D eigenvalue weighted by molar-refractivity contribution is 7.71. The third kappa shape index (κ3) is 6.95. The molecule has 2 heterocycles. The summed E-state index contributed by atoms with van der Waals surface area (Å²) in [6, 6.07) is 22.9. The number of carbonyl (C=O) groups is 3. The van der Waals surface area contributed by atoms with E-state index in [1.165, 1.54) is 54.7 Å². The molecule has 1 aromatic heterocycles. The molecule has 1 aliphatic rings. The first kappa shape index (κ1) is 31.2. The van der Waals surface area contributed by atoms with Gasteiger partial charge in [-0.25, -0.2) is 19.2 Å². The van der Waals surface area contributed by atoms with Crippen LogP contribution in [-0.2, 0) is 18.9 Å². The van der Waals surface area contributed by atoms with Crippen molar-refractivity contribution in [3.63, 3.8) is 0 Å². The fraction of sp³-hybridized carbons (Fsp3) is 0.167. The second-order valence-corrected chi connectivity index (χ2v) is 10.5. The summed E-state index contributed by atoms with van der Waals surface area (Å²) in [5, 5.41) is 4.02. The van der Waals surface area contributed by atoms with Gasteiger partial charge in [-0.3, -0.25) is 9.55 Å². The maximum absolute atomic E-state index is 13.4. The van der Waals surface area contributed by atoms with Gasteiger partial charge in [-0.1, -0.05) is 71.4 Å². The minimum atomic E-state index is -2.34. The summed E-state index contributed by atoms with van der Waals surface area (Å²) in [6.45, 7) is -0.831. The first-order chi connectivity index (χ1) is 21.7. The lowest BCUT2D eigenvalue weighted by Gasteiger charge is -2.29. The van der Waals surface area contributed by atoms with Gasteiger partial charge in [-0.05, 0) is 54.1 Å². The number of ether oxygens (including phenoxy) is 4. The van der Waals surface area contributed by atoms with Crippen molar-refractivity contribution < 1.29 is 33.3 Å². The highest BCUT2D eigenvalue weighted by Gasteiger charge is 2.61. The molecule has 13 nitrogen and oxygen atoms in total. The van der Waals surface area contributed by atoms with Gasteiger partial charge in [0.2, 0.25) is 5.72 Å². The van der Waals surface area contributed by atoms with Gasteiger partial charge in [-0.2, -0.15) is 0 Å². The molecule has 1 fully saturated rings. The predicted octanol–water partition coefficient (Wildman–Crippen LogP) is 5.40. The maximum atomic E-state index is 13.4. The molecule has 228 valence electrons. The Hall–Kier alpha value is -5.27. The van der Waals surface area contributed by atoms with Crippen molar-refractivity contribution in [3.05, 3.63) is 144 Å². The van der Waals surface area contributed by atoms with Crippen LogP contribution < -0.4 is 5.69 Å². The normalized spacial score (nSPS) is 20.4. The average Bonchev–Trinajstić information content (AvgIpc) is 3.32. The molecule has 0 saturated carbocycles. The monoisotopic (exact) mass is 647 g/mol. The topological polar surface area (TPSA) is 175 Å². The van der Waals surface area contributed by atoms with E-state index in [-0.39, 0.29) is 26.4 Å². The van der Waals surface area contributed by atoms with Crippen LogP contribution in [0.1, 0.15) is 37.3 Å². The Morgan fingerprint density at radius 2 is 1.56 bits per heavy atom. The van der Waals surface area contributed by atoms with Gasteiger partial charge in [0, 0.05) is 16.1 Å². The Bertz CT molecular complexity index is 1900. The summed E-state index contributed by atoms with van der Waals surface area (Å²) < 4.78 is 24.3. The number of hydrogen-bond donors (Lipinski definition) is 1. The van der Waals surface area contributed by atoms with Crippen molar-refractivity contribution in [2.24, 2.45) is 5.11 Å². The van der Waals surface area contributed by atoms with Crippen LogP contribution in [0.4, 0.5) is 0 Å². The number of nitrogens with zero attached hydrogens (tertiary/aromatic N) is 4. The number of aromatic nitrogens is 2. The number of nitrogens with one attached hydrogen (secondary N) is 1. The number of azide groups is 1. The molecule has 1 N–H and O–H groups in total. The molecule has 15 heteroatoms. The summed E-state index contributed by atoms with van der Waals surface area (Å²) in [4.78, 5) is 58.1. The minimum absolute atomic E-state index is 0.0601. The zero-order chi connectivity index (χ0) is 32.0. The quantitative estimate of drug-likeness (QED) is 0.0622. The lowest BCUT2D eigenvalue weighted by Crippen LogP contribution is -2.49. The van der Waals surface area contributed by atoms with Crippen molar-refractivity contribution >= 4 is 41.7 Å². The smallest absolute Gasteiger partial charge is 0.338 e. The molecule has 0 bridgehead atoms.